The zero-order valence-electron chi connectivity index (χ0n) is 10.5. The molecule has 17 heavy (non-hydrogen) atoms. The average molecular weight is 230 g/mol. The third-order valence-corrected chi connectivity index (χ3v) is 2.73. The van der Waals surface area contributed by atoms with E-state index in [0.717, 1.165) is 23.4 Å². The molecule has 0 saturated carbocycles. The van der Waals surface area contributed by atoms with Gasteiger partial charge in [0.1, 0.15) is 5.75 Å². The predicted molar refractivity (Wildman–Crippen MR) is 70.3 cm³/mol. The highest BCUT2D eigenvalue weighted by Gasteiger charge is 2.04. The van der Waals surface area contributed by atoms with Gasteiger partial charge in [-0.25, -0.2) is 0 Å². The third-order valence-electron chi connectivity index (χ3n) is 2.73. The van der Waals surface area contributed by atoms with Gasteiger partial charge < -0.3 is 10.1 Å². The summed E-state index contributed by atoms with van der Waals surface area (Å²) in [6.07, 6.45) is 1.85. The highest BCUT2D eigenvalue weighted by molar-refractivity contribution is 5.85. The van der Waals surface area contributed by atoms with E-state index < -0.39 is 0 Å². The van der Waals surface area contributed by atoms with Crippen molar-refractivity contribution in [1.29, 1.82) is 0 Å². The van der Waals surface area contributed by atoms with E-state index in [1.165, 1.54) is 5.39 Å². The number of benzene rings is 1. The molecule has 0 amide bonds. The van der Waals surface area contributed by atoms with Crippen molar-refractivity contribution in [3.63, 3.8) is 0 Å². The van der Waals surface area contributed by atoms with Gasteiger partial charge >= 0.3 is 0 Å². The monoisotopic (exact) mass is 230 g/mol. The molecule has 2 rings (SSSR count). The molecule has 3 heteroatoms. The summed E-state index contributed by atoms with van der Waals surface area (Å²) >= 11 is 0. The van der Waals surface area contributed by atoms with Crippen LogP contribution in [-0.2, 0) is 6.54 Å². The molecule has 0 unspecified atom stereocenters. The molecule has 90 valence electrons. The van der Waals surface area contributed by atoms with Crippen molar-refractivity contribution in [2.45, 2.75) is 26.4 Å². The van der Waals surface area contributed by atoms with Crippen LogP contribution in [0.5, 0.6) is 5.75 Å². The Hall–Kier alpha value is -1.61. The summed E-state index contributed by atoms with van der Waals surface area (Å²) in [5.41, 5.74) is 1.06. The average Bonchev–Trinajstić information content (AvgIpc) is 2.35. The molecular weight excluding hydrogens is 212 g/mol. The fourth-order valence-corrected chi connectivity index (χ4v) is 1.78. The van der Waals surface area contributed by atoms with E-state index in [-0.39, 0.29) is 0 Å². The quantitative estimate of drug-likeness (QED) is 0.877. The molecule has 1 N–H and O–H groups in total. The molecule has 0 aliphatic heterocycles. The van der Waals surface area contributed by atoms with Gasteiger partial charge in [-0.3, -0.25) is 4.98 Å². The molecule has 1 aromatic heterocycles. The molecule has 2 aromatic rings. The van der Waals surface area contributed by atoms with E-state index in [2.05, 4.69) is 30.2 Å². The van der Waals surface area contributed by atoms with E-state index in [9.17, 15) is 0 Å². The third kappa shape index (κ3) is 2.74. The molecule has 0 aliphatic carbocycles. The number of nitrogens with one attached hydrogen (secondary N) is 1. The Kier molecular flexibility index (Phi) is 3.59. The zero-order valence-corrected chi connectivity index (χ0v) is 10.5. The summed E-state index contributed by atoms with van der Waals surface area (Å²) in [6.45, 7) is 5.04. The van der Waals surface area contributed by atoms with Crippen molar-refractivity contribution in [2.24, 2.45) is 0 Å². The van der Waals surface area contributed by atoms with Crippen LogP contribution in [0.4, 0.5) is 0 Å². The Balaban J connectivity index is 2.39. The van der Waals surface area contributed by atoms with Crippen molar-refractivity contribution in [3.05, 3.63) is 36.2 Å². The normalized spacial score (nSPS) is 11.1. The van der Waals surface area contributed by atoms with Crippen LogP contribution < -0.4 is 10.1 Å². The number of aromatic nitrogens is 1. The molecule has 1 aromatic carbocycles. The summed E-state index contributed by atoms with van der Waals surface area (Å²) in [5, 5.41) is 5.74. The van der Waals surface area contributed by atoms with Crippen LogP contribution >= 0.6 is 0 Å². The second-order valence-electron chi connectivity index (χ2n) is 4.38. The molecule has 0 spiro atoms. The number of hydrogen-bond acceptors (Lipinski definition) is 3. The number of nitrogens with zero attached hydrogens (tertiary/aromatic N) is 1. The minimum absolute atomic E-state index is 0.456. The first kappa shape index (κ1) is 11.9. The van der Waals surface area contributed by atoms with Crippen molar-refractivity contribution in [1.82, 2.24) is 10.3 Å². The van der Waals surface area contributed by atoms with Crippen LogP contribution in [0.25, 0.3) is 10.8 Å². The van der Waals surface area contributed by atoms with Crippen molar-refractivity contribution < 1.29 is 4.74 Å². The fourth-order valence-electron chi connectivity index (χ4n) is 1.78. The number of pyridine rings is 1. The fraction of sp³-hybridized carbons (Fsp3) is 0.357. The SMILES string of the molecule is COc1ccc2ccnc(CNC(C)C)c2c1. The Morgan fingerprint density at radius 3 is 2.82 bits per heavy atom. The van der Waals surface area contributed by atoms with Crippen LogP contribution in [0.15, 0.2) is 30.5 Å². The lowest BCUT2D eigenvalue weighted by Crippen LogP contribution is -2.22. The van der Waals surface area contributed by atoms with E-state index in [1.807, 2.05) is 24.4 Å². The Morgan fingerprint density at radius 2 is 2.12 bits per heavy atom. The van der Waals surface area contributed by atoms with Gasteiger partial charge in [-0.2, -0.15) is 0 Å². The van der Waals surface area contributed by atoms with Crippen LogP contribution in [0.2, 0.25) is 0 Å². The highest BCUT2D eigenvalue weighted by atomic mass is 16.5. The van der Waals surface area contributed by atoms with E-state index in [1.54, 1.807) is 7.11 Å². The lowest BCUT2D eigenvalue weighted by Gasteiger charge is -2.10. The van der Waals surface area contributed by atoms with Crippen LogP contribution in [-0.4, -0.2) is 18.1 Å². The van der Waals surface area contributed by atoms with E-state index >= 15 is 0 Å². The van der Waals surface area contributed by atoms with Crippen LogP contribution in [0.3, 0.4) is 0 Å². The Labute approximate surface area is 102 Å². The van der Waals surface area contributed by atoms with Crippen molar-refractivity contribution in [3.8, 4) is 5.75 Å². The maximum Gasteiger partial charge on any atom is 0.119 e. The van der Waals surface area contributed by atoms with Crippen LogP contribution in [0, 0.1) is 0 Å². The van der Waals surface area contributed by atoms with Gasteiger partial charge in [0.2, 0.25) is 0 Å². The standard InChI is InChI=1S/C14H18N2O/c1-10(2)16-9-14-13-8-12(17-3)5-4-11(13)6-7-15-14/h4-8,10,16H,9H2,1-3H3. The maximum absolute atomic E-state index is 5.25. The largest absolute Gasteiger partial charge is 0.497 e. The second kappa shape index (κ2) is 5.15. The molecule has 0 fully saturated rings. The molecule has 0 aliphatic rings. The summed E-state index contributed by atoms with van der Waals surface area (Å²) in [7, 11) is 1.68. The van der Waals surface area contributed by atoms with Gasteiger partial charge in [0.15, 0.2) is 0 Å². The zero-order chi connectivity index (χ0) is 12.3. The maximum atomic E-state index is 5.25. The molecule has 1 heterocycles. The molecule has 3 nitrogen and oxygen atoms in total. The predicted octanol–water partition coefficient (Wildman–Crippen LogP) is 2.74. The van der Waals surface area contributed by atoms with Crippen LogP contribution in [0.1, 0.15) is 19.5 Å². The van der Waals surface area contributed by atoms with E-state index in [0.29, 0.717) is 6.04 Å². The number of rotatable bonds is 4. The van der Waals surface area contributed by atoms with Gasteiger partial charge in [-0.1, -0.05) is 19.9 Å². The summed E-state index contributed by atoms with van der Waals surface area (Å²) < 4.78 is 5.25. The minimum atomic E-state index is 0.456. The second-order valence-corrected chi connectivity index (χ2v) is 4.38. The minimum Gasteiger partial charge on any atom is -0.497 e. The summed E-state index contributed by atoms with van der Waals surface area (Å²) in [6, 6.07) is 8.56. The number of hydrogen-bond donors (Lipinski definition) is 1. The lowest BCUT2D eigenvalue weighted by atomic mass is 10.1. The van der Waals surface area contributed by atoms with Gasteiger partial charge in [-0.15, -0.1) is 0 Å². The smallest absolute Gasteiger partial charge is 0.119 e. The highest BCUT2D eigenvalue weighted by Crippen LogP contribution is 2.22. The van der Waals surface area contributed by atoms with Gasteiger partial charge in [0, 0.05) is 24.2 Å². The first-order valence-corrected chi connectivity index (χ1v) is 5.85. The van der Waals surface area contributed by atoms with Crippen molar-refractivity contribution >= 4 is 10.8 Å². The first-order valence-electron chi connectivity index (χ1n) is 5.85. The Morgan fingerprint density at radius 1 is 1.29 bits per heavy atom. The van der Waals surface area contributed by atoms with Crippen molar-refractivity contribution in [2.75, 3.05) is 7.11 Å². The molecule has 0 bridgehead atoms. The topological polar surface area (TPSA) is 34.1 Å². The van der Waals surface area contributed by atoms with Gasteiger partial charge in [0.25, 0.3) is 0 Å². The lowest BCUT2D eigenvalue weighted by molar-refractivity contribution is 0.415. The number of fused-ring (bicyclic) bond motifs is 1. The van der Waals surface area contributed by atoms with Gasteiger partial charge in [-0.05, 0) is 23.6 Å². The van der Waals surface area contributed by atoms with Gasteiger partial charge in [0.05, 0.1) is 12.8 Å². The first-order chi connectivity index (χ1) is 8.20. The molecule has 0 radical (unpaired) electrons. The summed E-state index contributed by atoms with van der Waals surface area (Å²) in [4.78, 5) is 4.44. The Bertz CT molecular complexity index is 509. The number of ether oxygens (including phenoxy) is 1. The summed E-state index contributed by atoms with van der Waals surface area (Å²) in [5.74, 6) is 0.872. The molecular formula is C14H18N2O. The molecule has 0 saturated heterocycles. The van der Waals surface area contributed by atoms with E-state index in [4.69, 9.17) is 4.74 Å². The molecule has 0 atom stereocenters. The number of methoxy groups -OCH3 is 1.